The predicted octanol–water partition coefficient (Wildman–Crippen LogP) is 1.91. The van der Waals surface area contributed by atoms with Gasteiger partial charge in [0.15, 0.2) is 0 Å². The van der Waals surface area contributed by atoms with Crippen LogP contribution in [0.2, 0.25) is 0 Å². The van der Waals surface area contributed by atoms with Crippen molar-refractivity contribution < 1.29 is 4.79 Å². The minimum absolute atomic E-state index is 0.201. The van der Waals surface area contributed by atoms with Gasteiger partial charge in [-0.25, -0.2) is 0 Å². The third kappa shape index (κ3) is 3.32. The Morgan fingerprint density at radius 2 is 2.13 bits per heavy atom. The average Bonchev–Trinajstić information content (AvgIpc) is 2.65. The van der Waals surface area contributed by atoms with Crippen molar-refractivity contribution in [3.8, 4) is 0 Å². The van der Waals surface area contributed by atoms with E-state index in [0.717, 1.165) is 0 Å². The Labute approximate surface area is 94.7 Å². The van der Waals surface area contributed by atoms with Gasteiger partial charge in [0.1, 0.15) is 0 Å². The van der Waals surface area contributed by atoms with Crippen LogP contribution in [0.15, 0.2) is 17.5 Å². The van der Waals surface area contributed by atoms with Crippen molar-refractivity contribution in [1.82, 2.24) is 5.32 Å². The quantitative estimate of drug-likeness (QED) is 0.805. The highest BCUT2D eigenvalue weighted by Gasteiger charge is 2.20. The molecule has 2 atom stereocenters. The summed E-state index contributed by atoms with van der Waals surface area (Å²) in [6.45, 7) is 6.06. The summed E-state index contributed by atoms with van der Waals surface area (Å²) < 4.78 is 0. The van der Waals surface area contributed by atoms with Crippen LogP contribution in [-0.2, 0) is 4.79 Å². The molecule has 0 spiro atoms. The molecule has 3 N–H and O–H groups in total. The average molecular weight is 226 g/mol. The summed E-state index contributed by atoms with van der Waals surface area (Å²) in [5.74, 6) is 0.127. The number of hydrogen-bond acceptors (Lipinski definition) is 3. The van der Waals surface area contributed by atoms with Crippen molar-refractivity contribution in [1.29, 1.82) is 0 Å². The maximum Gasteiger partial charge on any atom is 0.234 e. The zero-order valence-electron chi connectivity index (χ0n) is 9.36. The number of carbonyl (C=O) groups excluding carboxylic acids is 1. The van der Waals surface area contributed by atoms with Gasteiger partial charge in [-0.2, -0.15) is 0 Å². The summed E-state index contributed by atoms with van der Waals surface area (Å²) in [5, 5.41) is 5.30. The Kier molecular flexibility index (Phi) is 4.29. The van der Waals surface area contributed by atoms with Gasteiger partial charge in [-0.15, -0.1) is 11.3 Å². The van der Waals surface area contributed by atoms with Gasteiger partial charge in [0, 0.05) is 10.9 Å². The van der Waals surface area contributed by atoms with Crippen LogP contribution in [0.1, 0.15) is 31.7 Å². The van der Waals surface area contributed by atoms with Gasteiger partial charge in [-0.05, 0) is 24.3 Å². The molecule has 0 aliphatic heterocycles. The Balaban J connectivity index is 2.72. The van der Waals surface area contributed by atoms with Gasteiger partial charge in [0.25, 0.3) is 0 Å². The summed E-state index contributed by atoms with van der Waals surface area (Å²) in [7, 11) is 0. The summed E-state index contributed by atoms with van der Waals surface area (Å²) >= 11 is 1.70. The monoisotopic (exact) mass is 226 g/mol. The minimum atomic E-state index is -0.308. The maximum absolute atomic E-state index is 11.0. The molecule has 0 aromatic carbocycles. The Bertz CT molecular complexity index is 308. The van der Waals surface area contributed by atoms with Crippen LogP contribution in [-0.4, -0.2) is 11.9 Å². The number of hydrogen-bond donors (Lipinski definition) is 2. The molecule has 4 heteroatoms. The van der Waals surface area contributed by atoms with E-state index < -0.39 is 0 Å². The van der Waals surface area contributed by atoms with E-state index in [1.807, 2.05) is 11.4 Å². The van der Waals surface area contributed by atoms with Crippen LogP contribution >= 0.6 is 11.3 Å². The van der Waals surface area contributed by atoms with E-state index in [4.69, 9.17) is 5.73 Å². The first-order valence-electron chi connectivity index (χ1n) is 5.11. The Morgan fingerprint density at radius 3 is 2.53 bits per heavy atom. The number of nitrogens with two attached hydrogens (primary N) is 1. The first-order chi connectivity index (χ1) is 7.02. The van der Waals surface area contributed by atoms with E-state index >= 15 is 0 Å². The lowest BCUT2D eigenvalue weighted by Crippen LogP contribution is -2.42. The molecule has 84 valence electrons. The fourth-order valence-electron chi connectivity index (χ4n) is 1.42. The molecule has 1 aromatic heterocycles. The lowest BCUT2D eigenvalue weighted by Gasteiger charge is -2.24. The van der Waals surface area contributed by atoms with Gasteiger partial charge in [-0.3, -0.25) is 10.1 Å². The number of primary amides is 1. The first kappa shape index (κ1) is 12.2. The third-order valence-corrected chi connectivity index (χ3v) is 3.33. The predicted molar refractivity (Wildman–Crippen MR) is 63.7 cm³/mol. The fourth-order valence-corrected chi connectivity index (χ4v) is 2.38. The Morgan fingerprint density at radius 1 is 1.47 bits per heavy atom. The van der Waals surface area contributed by atoms with Crippen LogP contribution in [0.5, 0.6) is 0 Å². The smallest absolute Gasteiger partial charge is 0.234 e. The molecule has 1 aromatic rings. The Hall–Kier alpha value is -0.870. The highest BCUT2D eigenvalue weighted by atomic mass is 32.1. The second kappa shape index (κ2) is 5.28. The van der Waals surface area contributed by atoms with Crippen LogP contribution in [0.25, 0.3) is 0 Å². The molecule has 0 aliphatic rings. The van der Waals surface area contributed by atoms with Crippen molar-refractivity contribution in [2.75, 3.05) is 0 Å². The molecule has 3 nitrogen and oxygen atoms in total. The van der Waals surface area contributed by atoms with E-state index in [1.165, 1.54) is 4.88 Å². The van der Waals surface area contributed by atoms with Crippen molar-refractivity contribution in [2.24, 2.45) is 11.7 Å². The third-order valence-electron chi connectivity index (χ3n) is 2.37. The van der Waals surface area contributed by atoms with Gasteiger partial charge < -0.3 is 5.73 Å². The van der Waals surface area contributed by atoms with E-state index in [1.54, 1.807) is 18.3 Å². The summed E-state index contributed by atoms with van der Waals surface area (Å²) in [6, 6.07) is 4.01. The van der Waals surface area contributed by atoms with Crippen LogP contribution in [0.3, 0.4) is 0 Å². The van der Waals surface area contributed by atoms with Crippen LogP contribution in [0.4, 0.5) is 0 Å². The van der Waals surface area contributed by atoms with Gasteiger partial charge in [0.05, 0.1) is 6.04 Å². The van der Waals surface area contributed by atoms with Crippen molar-refractivity contribution in [2.45, 2.75) is 32.9 Å². The zero-order chi connectivity index (χ0) is 11.4. The minimum Gasteiger partial charge on any atom is -0.368 e. The van der Waals surface area contributed by atoms with E-state index in [-0.39, 0.29) is 18.0 Å². The maximum atomic E-state index is 11.0. The van der Waals surface area contributed by atoms with Gasteiger partial charge in [0.2, 0.25) is 5.91 Å². The summed E-state index contributed by atoms with van der Waals surface area (Å²) in [5.41, 5.74) is 5.24. The van der Waals surface area contributed by atoms with Crippen LogP contribution in [0, 0.1) is 5.92 Å². The lowest BCUT2D eigenvalue weighted by atomic mass is 10.0. The normalized spacial score (nSPS) is 15.2. The molecule has 1 rings (SSSR count). The number of nitrogens with one attached hydrogen (secondary N) is 1. The van der Waals surface area contributed by atoms with Gasteiger partial charge >= 0.3 is 0 Å². The molecule has 1 amide bonds. The molecule has 0 aliphatic carbocycles. The molecule has 0 radical (unpaired) electrons. The highest BCUT2D eigenvalue weighted by molar-refractivity contribution is 7.10. The number of carbonyl (C=O) groups is 1. The van der Waals surface area contributed by atoms with E-state index in [0.29, 0.717) is 5.92 Å². The topological polar surface area (TPSA) is 55.1 Å². The van der Waals surface area contributed by atoms with E-state index in [9.17, 15) is 4.79 Å². The second-order valence-electron chi connectivity index (χ2n) is 4.03. The number of amides is 1. The summed E-state index contributed by atoms with van der Waals surface area (Å²) in [4.78, 5) is 12.2. The van der Waals surface area contributed by atoms with Crippen molar-refractivity contribution in [3.63, 3.8) is 0 Å². The molecule has 1 heterocycles. The first-order valence-corrected chi connectivity index (χ1v) is 5.99. The SMILES string of the molecule is CC(NC(c1cccs1)C(C)C)C(N)=O. The molecule has 0 bridgehead atoms. The van der Waals surface area contributed by atoms with Crippen molar-refractivity contribution in [3.05, 3.63) is 22.4 Å². The number of thiophene rings is 1. The zero-order valence-corrected chi connectivity index (χ0v) is 10.2. The molecule has 15 heavy (non-hydrogen) atoms. The van der Waals surface area contributed by atoms with Crippen molar-refractivity contribution >= 4 is 17.2 Å². The standard InChI is InChI=1S/C11H18N2OS/c1-7(2)10(9-5-4-6-15-9)13-8(3)11(12)14/h4-8,10,13H,1-3H3,(H2,12,14). The molecule has 2 unspecified atom stereocenters. The largest absolute Gasteiger partial charge is 0.368 e. The summed E-state index contributed by atoms with van der Waals surface area (Å²) in [6.07, 6.45) is 0. The molecule has 0 saturated heterocycles. The molecular formula is C11H18N2OS. The fraction of sp³-hybridized carbons (Fsp3) is 0.545. The second-order valence-corrected chi connectivity index (χ2v) is 5.01. The molecule has 0 fully saturated rings. The molecular weight excluding hydrogens is 208 g/mol. The molecule has 0 saturated carbocycles. The lowest BCUT2D eigenvalue weighted by molar-refractivity contribution is -0.119. The van der Waals surface area contributed by atoms with Gasteiger partial charge in [-0.1, -0.05) is 19.9 Å². The van der Waals surface area contributed by atoms with Crippen LogP contribution < -0.4 is 11.1 Å². The highest BCUT2D eigenvalue weighted by Crippen LogP contribution is 2.26. The van der Waals surface area contributed by atoms with E-state index in [2.05, 4.69) is 25.2 Å². The number of rotatable bonds is 5.